The van der Waals surface area contributed by atoms with E-state index in [0.29, 0.717) is 11.5 Å². The zero-order valence-corrected chi connectivity index (χ0v) is 14.1. The summed E-state index contributed by atoms with van der Waals surface area (Å²) in [6.45, 7) is 1.51. The van der Waals surface area contributed by atoms with Gasteiger partial charge in [-0.2, -0.15) is 5.26 Å². The van der Waals surface area contributed by atoms with Gasteiger partial charge in [0.25, 0.3) is 5.91 Å². The molecule has 0 saturated heterocycles. The monoisotopic (exact) mass is 343 g/mol. The van der Waals surface area contributed by atoms with Crippen LogP contribution in [0, 0.1) is 17.2 Å². The van der Waals surface area contributed by atoms with Crippen LogP contribution in [-0.2, 0) is 9.53 Å². The number of carbonyl (C=O) groups is 3. The number of amides is 3. The molecule has 2 atom stereocenters. The van der Waals surface area contributed by atoms with Crippen molar-refractivity contribution in [2.24, 2.45) is 5.92 Å². The maximum Gasteiger partial charge on any atom is 0.338 e. The lowest BCUT2D eigenvalue weighted by Crippen LogP contribution is -2.48. The normalized spacial score (nSPS) is 19.4. The van der Waals surface area contributed by atoms with Gasteiger partial charge in [-0.3, -0.25) is 10.1 Å². The number of esters is 1. The average Bonchev–Trinajstić information content (AvgIpc) is 2.61. The van der Waals surface area contributed by atoms with Crippen molar-refractivity contribution in [3.8, 4) is 6.07 Å². The van der Waals surface area contributed by atoms with Crippen molar-refractivity contribution < 1.29 is 19.1 Å². The van der Waals surface area contributed by atoms with Gasteiger partial charge in [0.05, 0.1) is 17.2 Å². The van der Waals surface area contributed by atoms with E-state index in [-0.39, 0.29) is 11.6 Å². The minimum Gasteiger partial charge on any atom is -0.452 e. The fourth-order valence-electron chi connectivity index (χ4n) is 2.83. The van der Waals surface area contributed by atoms with Crippen molar-refractivity contribution in [1.29, 1.82) is 5.26 Å². The van der Waals surface area contributed by atoms with E-state index < -0.39 is 24.5 Å². The summed E-state index contributed by atoms with van der Waals surface area (Å²) in [5.41, 5.74) is 0.493. The topological polar surface area (TPSA) is 108 Å². The van der Waals surface area contributed by atoms with Gasteiger partial charge in [-0.05, 0) is 37.0 Å². The molecule has 3 amide bonds. The maximum absolute atomic E-state index is 11.9. The average molecular weight is 343 g/mol. The first kappa shape index (κ1) is 18.5. The van der Waals surface area contributed by atoms with Crippen molar-refractivity contribution in [3.05, 3.63) is 35.4 Å². The third kappa shape index (κ3) is 5.60. The number of nitriles is 1. The molecule has 0 bridgehead atoms. The Kier molecular flexibility index (Phi) is 6.52. The summed E-state index contributed by atoms with van der Waals surface area (Å²) in [5.74, 6) is -1.06. The molecule has 7 nitrogen and oxygen atoms in total. The highest BCUT2D eigenvalue weighted by atomic mass is 16.5. The van der Waals surface area contributed by atoms with Crippen molar-refractivity contribution in [2.75, 3.05) is 6.61 Å². The number of urea groups is 1. The molecule has 0 aliphatic heterocycles. The highest BCUT2D eigenvalue weighted by molar-refractivity contribution is 5.97. The molecule has 0 heterocycles. The first-order valence-electron chi connectivity index (χ1n) is 8.27. The summed E-state index contributed by atoms with van der Waals surface area (Å²) in [4.78, 5) is 35.4. The van der Waals surface area contributed by atoms with Crippen molar-refractivity contribution in [3.63, 3.8) is 0 Å². The Morgan fingerprint density at radius 1 is 1.28 bits per heavy atom. The molecule has 7 heteroatoms. The number of carbonyl (C=O) groups excluding carboxylic acids is 3. The SMILES string of the molecule is C[C@H]1CCCC[C@@H]1NC(=O)NC(=O)COC(=O)c1cccc(C#N)c1. The van der Waals surface area contributed by atoms with Gasteiger partial charge in [-0.25, -0.2) is 9.59 Å². The lowest BCUT2D eigenvalue weighted by molar-refractivity contribution is -0.123. The van der Waals surface area contributed by atoms with Crippen molar-refractivity contribution >= 4 is 17.9 Å². The molecule has 0 spiro atoms. The van der Waals surface area contributed by atoms with Gasteiger partial charge in [-0.1, -0.05) is 25.8 Å². The quantitative estimate of drug-likeness (QED) is 0.814. The largest absolute Gasteiger partial charge is 0.452 e. The molecular weight excluding hydrogens is 322 g/mol. The summed E-state index contributed by atoms with van der Waals surface area (Å²) in [6, 6.07) is 7.35. The Morgan fingerprint density at radius 2 is 2.04 bits per heavy atom. The Labute approximate surface area is 146 Å². The number of nitrogens with zero attached hydrogens (tertiary/aromatic N) is 1. The number of rotatable bonds is 4. The fraction of sp³-hybridized carbons (Fsp3) is 0.444. The molecule has 1 aromatic carbocycles. The van der Waals surface area contributed by atoms with Gasteiger partial charge < -0.3 is 10.1 Å². The third-order valence-electron chi connectivity index (χ3n) is 4.24. The number of benzene rings is 1. The lowest BCUT2D eigenvalue weighted by Gasteiger charge is -2.29. The predicted molar refractivity (Wildman–Crippen MR) is 89.5 cm³/mol. The van der Waals surface area contributed by atoms with Crippen LogP contribution >= 0.6 is 0 Å². The van der Waals surface area contributed by atoms with Crippen LogP contribution in [0.5, 0.6) is 0 Å². The summed E-state index contributed by atoms with van der Waals surface area (Å²) in [7, 11) is 0. The lowest BCUT2D eigenvalue weighted by atomic mass is 9.86. The molecule has 0 aromatic heterocycles. The zero-order chi connectivity index (χ0) is 18.2. The van der Waals surface area contributed by atoms with E-state index in [1.165, 1.54) is 12.1 Å². The number of imide groups is 1. The number of nitrogens with one attached hydrogen (secondary N) is 2. The van der Waals surface area contributed by atoms with Crippen molar-refractivity contribution in [1.82, 2.24) is 10.6 Å². The second kappa shape index (κ2) is 8.83. The first-order chi connectivity index (χ1) is 12.0. The van der Waals surface area contributed by atoms with Crippen LogP contribution in [0.1, 0.15) is 48.5 Å². The summed E-state index contributed by atoms with van der Waals surface area (Å²) >= 11 is 0. The molecule has 0 radical (unpaired) electrons. The molecule has 25 heavy (non-hydrogen) atoms. The minimum atomic E-state index is -0.728. The fourth-order valence-corrected chi connectivity index (χ4v) is 2.83. The Morgan fingerprint density at radius 3 is 2.76 bits per heavy atom. The Bertz CT molecular complexity index is 696. The third-order valence-corrected chi connectivity index (χ3v) is 4.24. The van der Waals surface area contributed by atoms with E-state index in [1.54, 1.807) is 12.1 Å². The minimum absolute atomic E-state index is 0.0535. The van der Waals surface area contributed by atoms with Crippen LogP contribution in [0.4, 0.5) is 4.79 Å². The maximum atomic E-state index is 11.9. The summed E-state index contributed by atoms with van der Waals surface area (Å²) < 4.78 is 4.86. The van der Waals surface area contributed by atoms with Crippen LogP contribution < -0.4 is 10.6 Å². The molecule has 132 valence electrons. The number of ether oxygens (including phenoxy) is 1. The van der Waals surface area contributed by atoms with E-state index >= 15 is 0 Å². The molecule has 2 N–H and O–H groups in total. The predicted octanol–water partition coefficient (Wildman–Crippen LogP) is 2.12. The zero-order valence-electron chi connectivity index (χ0n) is 14.1. The Balaban J connectivity index is 1.77. The number of hydrogen-bond acceptors (Lipinski definition) is 5. The second-order valence-corrected chi connectivity index (χ2v) is 6.16. The van der Waals surface area contributed by atoms with Gasteiger partial charge >= 0.3 is 12.0 Å². The van der Waals surface area contributed by atoms with Gasteiger partial charge in [0, 0.05) is 6.04 Å². The molecular formula is C18H21N3O4. The van der Waals surface area contributed by atoms with Crippen molar-refractivity contribution in [2.45, 2.75) is 38.6 Å². The van der Waals surface area contributed by atoms with Gasteiger partial charge in [0.2, 0.25) is 0 Å². The van der Waals surface area contributed by atoms with Crippen LogP contribution in [0.15, 0.2) is 24.3 Å². The van der Waals surface area contributed by atoms with E-state index in [1.807, 2.05) is 6.07 Å². The van der Waals surface area contributed by atoms with E-state index in [9.17, 15) is 14.4 Å². The Hall–Kier alpha value is -2.88. The molecule has 0 unspecified atom stereocenters. The molecule has 1 saturated carbocycles. The number of hydrogen-bond donors (Lipinski definition) is 2. The molecule has 1 aliphatic carbocycles. The van der Waals surface area contributed by atoms with Crippen LogP contribution in [0.2, 0.25) is 0 Å². The van der Waals surface area contributed by atoms with Gasteiger partial charge in [0.15, 0.2) is 6.61 Å². The van der Waals surface area contributed by atoms with Gasteiger partial charge in [0.1, 0.15) is 0 Å². The summed E-state index contributed by atoms with van der Waals surface area (Å²) in [6.07, 6.45) is 4.16. The van der Waals surface area contributed by atoms with E-state index in [0.717, 1.165) is 25.7 Å². The second-order valence-electron chi connectivity index (χ2n) is 6.16. The summed E-state index contributed by atoms with van der Waals surface area (Å²) in [5, 5.41) is 13.7. The highest BCUT2D eigenvalue weighted by Crippen LogP contribution is 2.23. The smallest absolute Gasteiger partial charge is 0.338 e. The highest BCUT2D eigenvalue weighted by Gasteiger charge is 2.23. The molecule has 1 aliphatic rings. The standard InChI is InChI=1S/C18H21N3O4/c1-12-5-2-3-8-15(12)20-18(24)21-16(22)11-25-17(23)14-7-4-6-13(9-14)10-19/h4,6-7,9,12,15H,2-3,5,8,11H2,1H3,(H2,20,21,22,24)/t12-,15-/m0/s1. The van der Waals surface area contributed by atoms with E-state index in [4.69, 9.17) is 10.00 Å². The molecule has 1 fully saturated rings. The van der Waals surface area contributed by atoms with Crippen LogP contribution in [0.3, 0.4) is 0 Å². The van der Waals surface area contributed by atoms with Crippen LogP contribution in [0.25, 0.3) is 0 Å². The van der Waals surface area contributed by atoms with Crippen LogP contribution in [-0.4, -0.2) is 30.6 Å². The van der Waals surface area contributed by atoms with Gasteiger partial charge in [-0.15, -0.1) is 0 Å². The molecule has 1 aromatic rings. The van der Waals surface area contributed by atoms with E-state index in [2.05, 4.69) is 17.6 Å². The molecule has 2 rings (SSSR count). The first-order valence-corrected chi connectivity index (χ1v) is 8.27.